The van der Waals surface area contributed by atoms with Crippen molar-refractivity contribution < 1.29 is 14.7 Å². The molecule has 0 bridgehead atoms. The third-order valence-corrected chi connectivity index (χ3v) is 3.87. The summed E-state index contributed by atoms with van der Waals surface area (Å²) in [6.07, 6.45) is 2.22. The highest BCUT2D eigenvalue weighted by molar-refractivity contribution is 7.98. The molecule has 2 N–H and O–H groups in total. The van der Waals surface area contributed by atoms with Crippen molar-refractivity contribution in [2.75, 3.05) is 12.0 Å². The van der Waals surface area contributed by atoms with E-state index in [1.807, 2.05) is 6.26 Å². The van der Waals surface area contributed by atoms with Crippen molar-refractivity contribution in [2.45, 2.75) is 12.5 Å². The number of benzene rings is 1. The predicted molar refractivity (Wildman–Crippen MR) is 78.4 cm³/mol. The van der Waals surface area contributed by atoms with Gasteiger partial charge in [0.05, 0.1) is 15.6 Å². The predicted octanol–water partition coefficient (Wildman–Crippen LogP) is 2.93. The SMILES string of the molecule is CSCC[C@@H](NC(=O)c1cccc(Cl)c1Cl)C(=O)O. The smallest absolute Gasteiger partial charge is 0.326 e. The maximum atomic E-state index is 12.0. The molecule has 1 rings (SSSR count). The van der Waals surface area contributed by atoms with E-state index in [1.54, 1.807) is 12.1 Å². The first-order valence-corrected chi connectivity index (χ1v) is 7.59. The Balaban J connectivity index is 2.82. The number of halogens is 2. The number of carbonyl (C=O) groups excluding carboxylic acids is 1. The number of aliphatic carboxylic acids is 1. The van der Waals surface area contributed by atoms with Gasteiger partial charge in [0.25, 0.3) is 5.91 Å². The molecule has 1 atom stereocenters. The second-order valence-corrected chi connectivity index (χ2v) is 5.52. The van der Waals surface area contributed by atoms with Gasteiger partial charge in [0, 0.05) is 0 Å². The zero-order valence-electron chi connectivity index (χ0n) is 10.2. The Hall–Kier alpha value is -0.910. The van der Waals surface area contributed by atoms with Crippen molar-refractivity contribution in [2.24, 2.45) is 0 Å². The van der Waals surface area contributed by atoms with Crippen LogP contribution in [0.3, 0.4) is 0 Å². The lowest BCUT2D eigenvalue weighted by Crippen LogP contribution is -2.41. The lowest BCUT2D eigenvalue weighted by Gasteiger charge is -2.14. The molecule has 0 heterocycles. The topological polar surface area (TPSA) is 66.4 Å². The molecule has 19 heavy (non-hydrogen) atoms. The molecule has 0 spiro atoms. The van der Waals surface area contributed by atoms with E-state index < -0.39 is 17.9 Å². The van der Waals surface area contributed by atoms with Gasteiger partial charge in [-0.1, -0.05) is 29.3 Å². The molecule has 0 aliphatic rings. The molecule has 104 valence electrons. The van der Waals surface area contributed by atoms with Crippen LogP contribution in [0.15, 0.2) is 18.2 Å². The van der Waals surface area contributed by atoms with Gasteiger partial charge in [-0.05, 0) is 30.6 Å². The average molecular weight is 322 g/mol. The number of hydrogen-bond acceptors (Lipinski definition) is 3. The Morgan fingerprint density at radius 3 is 2.68 bits per heavy atom. The van der Waals surface area contributed by atoms with Crippen molar-refractivity contribution in [1.82, 2.24) is 5.32 Å². The number of hydrogen-bond donors (Lipinski definition) is 2. The van der Waals surface area contributed by atoms with Crippen molar-refractivity contribution >= 4 is 46.8 Å². The number of rotatable bonds is 6. The number of carboxylic acid groups (broad SMARTS) is 1. The molecular weight excluding hydrogens is 309 g/mol. The monoisotopic (exact) mass is 321 g/mol. The number of amides is 1. The molecule has 7 heteroatoms. The van der Waals surface area contributed by atoms with Crippen LogP contribution in [0.25, 0.3) is 0 Å². The molecule has 1 aromatic rings. The Morgan fingerprint density at radius 2 is 2.11 bits per heavy atom. The van der Waals surface area contributed by atoms with E-state index in [2.05, 4.69) is 5.32 Å². The van der Waals surface area contributed by atoms with Gasteiger partial charge in [0.2, 0.25) is 0 Å². The molecular formula is C12H13Cl2NO3S. The van der Waals surface area contributed by atoms with Crippen LogP contribution < -0.4 is 5.32 Å². The highest BCUT2D eigenvalue weighted by Gasteiger charge is 2.21. The van der Waals surface area contributed by atoms with Crippen molar-refractivity contribution in [3.63, 3.8) is 0 Å². The molecule has 4 nitrogen and oxygen atoms in total. The minimum atomic E-state index is -1.07. The minimum Gasteiger partial charge on any atom is -0.480 e. The zero-order valence-corrected chi connectivity index (χ0v) is 12.5. The summed E-state index contributed by atoms with van der Waals surface area (Å²) < 4.78 is 0. The fourth-order valence-corrected chi connectivity index (χ4v) is 2.27. The number of nitrogens with one attached hydrogen (secondary N) is 1. The Kier molecular flexibility index (Phi) is 6.48. The number of carboxylic acids is 1. The molecule has 0 aliphatic carbocycles. The number of thioether (sulfide) groups is 1. The van der Waals surface area contributed by atoms with Crippen LogP contribution >= 0.6 is 35.0 Å². The largest absolute Gasteiger partial charge is 0.480 e. The standard InChI is InChI=1S/C12H13Cl2NO3S/c1-19-6-5-9(12(17)18)15-11(16)7-3-2-4-8(13)10(7)14/h2-4,9H,5-6H2,1H3,(H,15,16)(H,17,18)/t9-/m1/s1. The van der Waals surface area contributed by atoms with Gasteiger partial charge in [-0.3, -0.25) is 4.79 Å². The van der Waals surface area contributed by atoms with E-state index in [4.69, 9.17) is 28.3 Å². The molecule has 0 aromatic heterocycles. The molecule has 0 fully saturated rings. The Bertz CT molecular complexity index is 482. The second-order valence-electron chi connectivity index (χ2n) is 3.75. The lowest BCUT2D eigenvalue weighted by molar-refractivity contribution is -0.139. The summed E-state index contributed by atoms with van der Waals surface area (Å²) in [5.41, 5.74) is 0.171. The van der Waals surface area contributed by atoms with Crippen LogP contribution in [0, 0.1) is 0 Å². The first-order valence-electron chi connectivity index (χ1n) is 5.44. The summed E-state index contributed by atoms with van der Waals surface area (Å²) in [5, 5.41) is 11.9. The summed E-state index contributed by atoms with van der Waals surface area (Å²) in [6, 6.07) is 3.70. The van der Waals surface area contributed by atoms with Crippen LogP contribution in [0.5, 0.6) is 0 Å². The van der Waals surface area contributed by atoms with E-state index in [9.17, 15) is 9.59 Å². The van der Waals surface area contributed by atoms with Crippen molar-refractivity contribution in [3.05, 3.63) is 33.8 Å². The maximum Gasteiger partial charge on any atom is 0.326 e. The third-order valence-electron chi connectivity index (χ3n) is 2.41. The van der Waals surface area contributed by atoms with E-state index in [0.29, 0.717) is 12.2 Å². The normalized spacial score (nSPS) is 11.9. The van der Waals surface area contributed by atoms with Gasteiger partial charge in [0.15, 0.2) is 0 Å². The molecule has 1 aromatic carbocycles. The summed E-state index contributed by atoms with van der Waals surface area (Å²) in [4.78, 5) is 23.0. The quantitative estimate of drug-likeness (QED) is 0.845. The number of carbonyl (C=O) groups is 2. The highest BCUT2D eigenvalue weighted by atomic mass is 35.5. The second kappa shape index (κ2) is 7.62. The fraction of sp³-hybridized carbons (Fsp3) is 0.333. The summed E-state index contributed by atoms with van der Waals surface area (Å²) in [5.74, 6) is -0.970. The van der Waals surface area contributed by atoms with Crippen molar-refractivity contribution in [1.29, 1.82) is 0 Å². The highest BCUT2D eigenvalue weighted by Crippen LogP contribution is 2.25. The van der Waals surface area contributed by atoms with Gasteiger partial charge >= 0.3 is 5.97 Å². The zero-order chi connectivity index (χ0) is 14.4. The third kappa shape index (κ3) is 4.60. The molecule has 0 saturated carbocycles. The van der Waals surface area contributed by atoms with E-state index in [1.165, 1.54) is 17.8 Å². The molecule has 0 radical (unpaired) electrons. The van der Waals surface area contributed by atoms with Crippen LogP contribution in [0.1, 0.15) is 16.8 Å². The van der Waals surface area contributed by atoms with Gasteiger partial charge < -0.3 is 10.4 Å². The molecule has 0 aliphatic heterocycles. The summed E-state index contributed by atoms with van der Waals surface area (Å²) in [6.45, 7) is 0. The molecule has 1 amide bonds. The molecule has 0 saturated heterocycles. The van der Waals surface area contributed by atoms with Gasteiger partial charge in [-0.15, -0.1) is 0 Å². The van der Waals surface area contributed by atoms with Gasteiger partial charge in [-0.25, -0.2) is 4.79 Å². The first-order chi connectivity index (χ1) is 8.97. The maximum absolute atomic E-state index is 12.0. The van der Waals surface area contributed by atoms with E-state index in [-0.39, 0.29) is 15.6 Å². The Morgan fingerprint density at radius 1 is 1.42 bits per heavy atom. The van der Waals surface area contributed by atoms with E-state index >= 15 is 0 Å². The van der Waals surface area contributed by atoms with Gasteiger partial charge in [-0.2, -0.15) is 11.8 Å². The molecule has 0 unspecified atom stereocenters. The van der Waals surface area contributed by atoms with Crippen LogP contribution in [-0.2, 0) is 4.79 Å². The Labute approximate surface area is 125 Å². The first kappa shape index (κ1) is 16.1. The van der Waals surface area contributed by atoms with Crippen molar-refractivity contribution in [3.8, 4) is 0 Å². The van der Waals surface area contributed by atoms with Crippen LogP contribution in [0.4, 0.5) is 0 Å². The van der Waals surface area contributed by atoms with Crippen LogP contribution in [0.2, 0.25) is 10.0 Å². The summed E-state index contributed by atoms with van der Waals surface area (Å²) in [7, 11) is 0. The van der Waals surface area contributed by atoms with Crippen LogP contribution in [-0.4, -0.2) is 35.0 Å². The fourth-order valence-electron chi connectivity index (χ4n) is 1.41. The van der Waals surface area contributed by atoms with E-state index in [0.717, 1.165) is 0 Å². The average Bonchev–Trinajstić information content (AvgIpc) is 2.37. The van der Waals surface area contributed by atoms with Gasteiger partial charge in [0.1, 0.15) is 6.04 Å². The summed E-state index contributed by atoms with van der Waals surface area (Å²) >= 11 is 13.2. The lowest BCUT2D eigenvalue weighted by atomic mass is 10.1. The minimum absolute atomic E-state index is 0.121.